The number of carbonyl (C=O) groups is 1. The minimum absolute atomic E-state index is 0.0169. The summed E-state index contributed by atoms with van der Waals surface area (Å²) < 4.78 is 1.81. The summed E-state index contributed by atoms with van der Waals surface area (Å²) in [6, 6.07) is 4.03. The average molecular weight is 277 g/mol. The van der Waals surface area contributed by atoms with Crippen molar-refractivity contribution in [2.75, 3.05) is 13.1 Å². The molecular weight excluding hydrogens is 262 g/mol. The second kappa shape index (κ2) is 5.40. The molecule has 1 aliphatic rings. The lowest BCUT2D eigenvalue weighted by atomic mass is 10.0. The molecule has 1 fully saturated rings. The Morgan fingerprint density at radius 1 is 1.53 bits per heavy atom. The van der Waals surface area contributed by atoms with Crippen molar-refractivity contribution in [1.29, 1.82) is 0 Å². The van der Waals surface area contributed by atoms with E-state index in [0.29, 0.717) is 12.5 Å². The van der Waals surface area contributed by atoms with E-state index in [0.717, 1.165) is 19.6 Å². The summed E-state index contributed by atoms with van der Waals surface area (Å²) in [6.45, 7) is 3.02. The van der Waals surface area contributed by atoms with Crippen molar-refractivity contribution in [3.8, 4) is 0 Å². The van der Waals surface area contributed by atoms with Gasteiger partial charge >= 0.3 is 6.03 Å². The Morgan fingerprint density at radius 2 is 2.42 bits per heavy atom. The molecule has 2 amide bonds. The molecule has 0 atom stereocenters. The van der Waals surface area contributed by atoms with Gasteiger partial charge < -0.3 is 10.2 Å². The van der Waals surface area contributed by atoms with Gasteiger partial charge in [0.15, 0.2) is 0 Å². The molecule has 0 bridgehead atoms. The van der Waals surface area contributed by atoms with Crippen LogP contribution in [0.2, 0.25) is 0 Å². The minimum Gasteiger partial charge on any atom is -0.333 e. The number of hydrogen-bond acceptors (Lipinski definition) is 4. The van der Waals surface area contributed by atoms with Crippen molar-refractivity contribution in [1.82, 2.24) is 25.0 Å². The molecule has 1 N–H and O–H groups in total. The van der Waals surface area contributed by atoms with Gasteiger partial charge in [-0.3, -0.25) is 4.68 Å². The molecule has 0 saturated carbocycles. The van der Waals surface area contributed by atoms with E-state index in [2.05, 4.69) is 15.4 Å². The molecule has 3 heterocycles. The summed E-state index contributed by atoms with van der Waals surface area (Å²) in [5, 5.41) is 9.01. The highest BCUT2D eigenvalue weighted by molar-refractivity contribution is 7.09. The normalized spacial score (nSPS) is 15.3. The number of hydrogen-bond donors (Lipinski definition) is 1. The van der Waals surface area contributed by atoms with Crippen LogP contribution in [0.15, 0.2) is 30.2 Å². The molecular formula is C12H15N5OS. The molecule has 2 aromatic heterocycles. The van der Waals surface area contributed by atoms with Crippen molar-refractivity contribution in [2.24, 2.45) is 5.92 Å². The third-order valence-corrected chi connectivity index (χ3v) is 4.03. The zero-order chi connectivity index (χ0) is 13.1. The third-order valence-electron chi connectivity index (χ3n) is 3.15. The van der Waals surface area contributed by atoms with Crippen LogP contribution in [-0.2, 0) is 13.1 Å². The first-order valence-corrected chi connectivity index (χ1v) is 7.07. The van der Waals surface area contributed by atoms with Gasteiger partial charge in [-0.15, -0.1) is 11.3 Å². The lowest BCUT2D eigenvalue weighted by Crippen LogP contribution is -2.54. The predicted molar refractivity (Wildman–Crippen MR) is 71.6 cm³/mol. The van der Waals surface area contributed by atoms with Crippen molar-refractivity contribution in [2.45, 2.75) is 13.1 Å². The van der Waals surface area contributed by atoms with E-state index < -0.39 is 0 Å². The molecule has 19 heavy (non-hydrogen) atoms. The summed E-state index contributed by atoms with van der Waals surface area (Å²) in [5.74, 6) is 0.481. The number of urea groups is 1. The fourth-order valence-corrected chi connectivity index (χ4v) is 2.77. The highest BCUT2D eigenvalue weighted by Gasteiger charge is 2.30. The third kappa shape index (κ3) is 2.93. The van der Waals surface area contributed by atoms with E-state index in [9.17, 15) is 4.79 Å². The molecule has 100 valence electrons. The Kier molecular flexibility index (Phi) is 3.45. The maximum Gasteiger partial charge on any atom is 0.317 e. The largest absolute Gasteiger partial charge is 0.333 e. The number of nitrogens with zero attached hydrogens (tertiary/aromatic N) is 4. The zero-order valence-electron chi connectivity index (χ0n) is 10.4. The standard InChI is InChI=1S/C12H15N5OS/c18-12(14-4-11-2-1-3-19-11)16-5-10(6-16)7-17-9-13-8-15-17/h1-3,8-10H,4-7H2,(H,14,18). The number of amides is 2. The first-order chi connectivity index (χ1) is 9.31. The van der Waals surface area contributed by atoms with Crippen LogP contribution < -0.4 is 5.32 Å². The van der Waals surface area contributed by atoms with Gasteiger partial charge in [0.25, 0.3) is 0 Å². The molecule has 2 aromatic rings. The maximum absolute atomic E-state index is 11.9. The number of rotatable bonds is 4. The van der Waals surface area contributed by atoms with Crippen LogP contribution in [0, 0.1) is 5.92 Å². The molecule has 1 aliphatic heterocycles. The number of likely N-dealkylation sites (tertiary alicyclic amines) is 1. The summed E-state index contributed by atoms with van der Waals surface area (Å²) in [5.41, 5.74) is 0. The quantitative estimate of drug-likeness (QED) is 0.913. The van der Waals surface area contributed by atoms with Crippen LogP contribution in [0.25, 0.3) is 0 Å². The highest BCUT2D eigenvalue weighted by Crippen LogP contribution is 2.17. The second-order valence-electron chi connectivity index (χ2n) is 4.63. The van der Waals surface area contributed by atoms with Crippen molar-refractivity contribution >= 4 is 17.4 Å². The lowest BCUT2D eigenvalue weighted by molar-refractivity contribution is 0.108. The predicted octanol–water partition coefficient (Wildman–Crippen LogP) is 1.18. The van der Waals surface area contributed by atoms with E-state index in [1.165, 1.54) is 11.2 Å². The molecule has 6 nitrogen and oxygen atoms in total. The summed E-state index contributed by atoms with van der Waals surface area (Å²) >= 11 is 1.65. The van der Waals surface area contributed by atoms with E-state index in [4.69, 9.17) is 0 Å². The zero-order valence-corrected chi connectivity index (χ0v) is 11.2. The fraction of sp³-hybridized carbons (Fsp3) is 0.417. The van der Waals surface area contributed by atoms with Crippen LogP contribution >= 0.6 is 11.3 Å². The Morgan fingerprint density at radius 3 is 3.11 bits per heavy atom. The highest BCUT2D eigenvalue weighted by atomic mass is 32.1. The minimum atomic E-state index is 0.0169. The molecule has 3 rings (SSSR count). The Bertz CT molecular complexity index is 518. The molecule has 0 aliphatic carbocycles. The van der Waals surface area contributed by atoms with Gasteiger partial charge in [-0.05, 0) is 11.4 Å². The smallest absolute Gasteiger partial charge is 0.317 e. The number of aromatic nitrogens is 3. The van der Waals surface area contributed by atoms with Crippen LogP contribution in [0.4, 0.5) is 4.79 Å². The van der Waals surface area contributed by atoms with Gasteiger partial charge in [-0.25, -0.2) is 9.78 Å². The van der Waals surface area contributed by atoms with Gasteiger partial charge in [0.1, 0.15) is 12.7 Å². The van der Waals surface area contributed by atoms with Gasteiger partial charge in [0.2, 0.25) is 0 Å². The molecule has 0 spiro atoms. The summed E-state index contributed by atoms with van der Waals surface area (Å²) in [7, 11) is 0. The van der Waals surface area contributed by atoms with E-state index in [1.807, 2.05) is 27.1 Å². The van der Waals surface area contributed by atoms with Crippen LogP contribution in [0.3, 0.4) is 0 Å². The summed E-state index contributed by atoms with van der Waals surface area (Å²) in [4.78, 5) is 18.8. The fourth-order valence-electron chi connectivity index (χ4n) is 2.13. The van der Waals surface area contributed by atoms with Crippen LogP contribution in [-0.4, -0.2) is 38.8 Å². The molecule has 1 saturated heterocycles. The Labute approximate surface area is 115 Å². The lowest BCUT2D eigenvalue weighted by Gasteiger charge is -2.38. The number of nitrogens with one attached hydrogen (secondary N) is 1. The number of carbonyl (C=O) groups excluding carboxylic acids is 1. The number of thiophene rings is 1. The van der Waals surface area contributed by atoms with Crippen LogP contribution in [0.1, 0.15) is 4.88 Å². The van der Waals surface area contributed by atoms with E-state index in [-0.39, 0.29) is 6.03 Å². The Balaban J connectivity index is 1.39. The van der Waals surface area contributed by atoms with E-state index >= 15 is 0 Å². The SMILES string of the molecule is O=C(NCc1cccs1)N1CC(Cn2cncn2)C1. The molecule has 7 heteroatoms. The van der Waals surface area contributed by atoms with Crippen molar-refractivity contribution in [3.63, 3.8) is 0 Å². The molecule has 0 aromatic carbocycles. The maximum atomic E-state index is 11.9. The van der Waals surface area contributed by atoms with Gasteiger partial charge in [-0.2, -0.15) is 5.10 Å². The molecule has 0 unspecified atom stereocenters. The topological polar surface area (TPSA) is 63.1 Å². The van der Waals surface area contributed by atoms with Gasteiger partial charge in [0.05, 0.1) is 6.54 Å². The van der Waals surface area contributed by atoms with Gasteiger partial charge in [0, 0.05) is 30.4 Å². The first kappa shape index (κ1) is 12.2. The van der Waals surface area contributed by atoms with Crippen molar-refractivity contribution < 1.29 is 4.79 Å². The monoisotopic (exact) mass is 277 g/mol. The summed E-state index contributed by atoms with van der Waals surface area (Å²) in [6.07, 6.45) is 3.24. The average Bonchev–Trinajstić information content (AvgIpc) is 3.03. The Hall–Kier alpha value is -1.89. The first-order valence-electron chi connectivity index (χ1n) is 6.19. The van der Waals surface area contributed by atoms with Crippen molar-refractivity contribution in [3.05, 3.63) is 35.0 Å². The van der Waals surface area contributed by atoms with Crippen LogP contribution in [0.5, 0.6) is 0 Å². The second-order valence-corrected chi connectivity index (χ2v) is 5.66. The van der Waals surface area contributed by atoms with Gasteiger partial charge in [-0.1, -0.05) is 6.07 Å². The van der Waals surface area contributed by atoms with E-state index in [1.54, 1.807) is 17.7 Å². The molecule has 0 radical (unpaired) electrons.